The number of hydrogen-bond acceptors (Lipinski definition) is 3. The van der Waals surface area contributed by atoms with Crippen LogP contribution < -0.4 is 5.32 Å². The van der Waals surface area contributed by atoms with Crippen molar-refractivity contribution in [3.8, 4) is 0 Å². The fourth-order valence-electron chi connectivity index (χ4n) is 2.64. The molecule has 1 fully saturated rings. The molecule has 116 valence electrons. The van der Waals surface area contributed by atoms with Crippen LogP contribution in [0.5, 0.6) is 0 Å². The summed E-state index contributed by atoms with van der Waals surface area (Å²) < 4.78 is 0. The molecule has 0 radical (unpaired) electrons. The number of aliphatic hydroxyl groups is 1. The Hall–Kier alpha value is -1.39. The Morgan fingerprint density at radius 2 is 1.95 bits per heavy atom. The number of piperidine rings is 1. The summed E-state index contributed by atoms with van der Waals surface area (Å²) in [6.45, 7) is 5.02. The fraction of sp³-hybridized carbons (Fsp3) is 0.588. The Morgan fingerprint density at radius 1 is 1.29 bits per heavy atom. The van der Waals surface area contributed by atoms with E-state index in [0.717, 1.165) is 51.0 Å². The molecule has 0 unspecified atom stereocenters. The van der Waals surface area contributed by atoms with Gasteiger partial charge >= 0.3 is 0 Å². The molecule has 1 aromatic rings. The number of benzene rings is 1. The molecule has 2 N–H and O–H groups in total. The third-order valence-electron chi connectivity index (χ3n) is 3.99. The van der Waals surface area contributed by atoms with Crippen LogP contribution >= 0.6 is 0 Å². The number of hydrogen-bond donors (Lipinski definition) is 2. The average molecular weight is 290 g/mol. The predicted molar refractivity (Wildman–Crippen MR) is 85.4 cm³/mol. The summed E-state index contributed by atoms with van der Waals surface area (Å²) in [5.41, 5.74) is 2.16. The van der Waals surface area contributed by atoms with Crippen LogP contribution in [0.4, 0.5) is 5.69 Å². The van der Waals surface area contributed by atoms with E-state index in [1.165, 1.54) is 5.56 Å². The van der Waals surface area contributed by atoms with Crippen molar-refractivity contribution in [1.29, 1.82) is 0 Å². The number of carbonyl (C=O) groups excluding carboxylic acids is 1. The van der Waals surface area contributed by atoms with Crippen LogP contribution in [0.1, 0.15) is 38.2 Å². The van der Waals surface area contributed by atoms with Crippen molar-refractivity contribution in [1.82, 2.24) is 4.90 Å². The van der Waals surface area contributed by atoms with Gasteiger partial charge in [0.2, 0.25) is 5.91 Å². The zero-order valence-corrected chi connectivity index (χ0v) is 12.8. The minimum absolute atomic E-state index is 0.0807. The maximum atomic E-state index is 11.5. The Balaban J connectivity index is 1.75. The molecule has 0 aliphatic carbocycles. The minimum Gasteiger partial charge on any atom is -0.393 e. The van der Waals surface area contributed by atoms with Gasteiger partial charge in [-0.3, -0.25) is 4.79 Å². The summed E-state index contributed by atoms with van der Waals surface area (Å²) in [6.07, 6.45) is 4.13. The summed E-state index contributed by atoms with van der Waals surface area (Å²) in [5, 5.41) is 12.4. The number of anilines is 1. The lowest BCUT2D eigenvalue weighted by Gasteiger charge is -2.29. The van der Waals surface area contributed by atoms with E-state index in [2.05, 4.69) is 22.3 Å². The van der Waals surface area contributed by atoms with Crippen LogP contribution in [0.25, 0.3) is 0 Å². The van der Waals surface area contributed by atoms with Crippen molar-refractivity contribution >= 4 is 11.6 Å². The van der Waals surface area contributed by atoms with Gasteiger partial charge in [0, 0.05) is 31.7 Å². The lowest BCUT2D eigenvalue weighted by Crippen LogP contribution is -2.37. The maximum absolute atomic E-state index is 11.5. The maximum Gasteiger partial charge on any atom is 0.224 e. The van der Waals surface area contributed by atoms with Crippen molar-refractivity contribution in [2.45, 2.75) is 45.1 Å². The van der Waals surface area contributed by atoms with E-state index in [1.807, 2.05) is 19.1 Å². The van der Waals surface area contributed by atoms with Gasteiger partial charge in [0.15, 0.2) is 0 Å². The van der Waals surface area contributed by atoms with Crippen molar-refractivity contribution < 1.29 is 9.90 Å². The van der Waals surface area contributed by atoms with Crippen LogP contribution in [-0.2, 0) is 11.2 Å². The second-order valence-corrected chi connectivity index (χ2v) is 5.82. The molecule has 1 aliphatic rings. The summed E-state index contributed by atoms with van der Waals surface area (Å²) in [6, 6.07) is 8.12. The van der Waals surface area contributed by atoms with E-state index < -0.39 is 0 Å². The Labute approximate surface area is 127 Å². The van der Waals surface area contributed by atoms with Gasteiger partial charge in [-0.25, -0.2) is 0 Å². The quantitative estimate of drug-likeness (QED) is 0.846. The molecule has 1 aliphatic heterocycles. The number of likely N-dealkylation sites (tertiary alicyclic amines) is 1. The fourth-order valence-corrected chi connectivity index (χ4v) is 2.64. The number of amides is 1. The number of nitrogens with zero attached hydrogens (tertiary/aromatic N) is 1. The van der Waals surface area contributed by atoms with Crippen molar-refractivity contribution in [2.24, 2.45) is 0 Å². The molecule has 1 amide bonds. The van der Waals surface area contributed by atoms with Crippen molar-refractivity contribution in [3.63, 3.8) is 0 Å². The Kier molecular flexibility index (Phi) is 6.21. The second kappa shape index (κ2) is 8.15. The second-order valence-electron chi connectivity index (χ2n) is 5.82. The van der Waals surface area contributed by atoms with Crippen molar-refractivity contribution in [3.05, 3.63) is 29.8 Å². The molecule has 0 spiro atoms. The first-order valence-electron chi connectivity index (χ1n) is 7.96. The molecule has 0 aromatic heterocycles. The van der Waals surface area contributed by atoms with E-state index in [4.69, 9.17) is 0 Å². The summed E-state index contributed by atoms with van der Waals surface area (Å²) >= 11 is 0. The van der Waals surface area contributed by atoms with Crippen molar-refractivity contribution in [2.75, 3.05) is 25.0 Å². The molecule has 4 heteroatoms. The van der Waals surface area contributed by atoms with E-state index >= 15 is 0 Å². The Morgan fingerprint density at radius 3 is 2.57 bits per heavy atom. The van der Waals surface area contributed by atoms with Gasteiger partial charge in [0.25, 0.3) is 0 Å². The van der Waals surface area contributed by atoms with Crippen LogP contribution in [0, 0.1) is 0 Å². The number of rotatable bonds is 6. The smallest absolute Gasteiger partial charge is 0.224 e. The zero-order chi connectivity index (χ0) is 15.1. The molecule has 0 saturated carbocycles. The average Bonchev–Trinajstić information content (AvgIpc) is 2.48. The topological polar surface area (TPSA) is 52.6 Å². The first kappa shape index (κ1) is 16.0. The van der Waals surface area contributed by atoms with Crippen LogP contribution in [0.2, 0.25) is 0 Å². The molecule has 2 rings (SSSR count). The lowest BCUT2D eigenvalue weighted by molar-refractivity contribution is -0.116. The van der Waals surface area contributed by atoms with Gasteiger partial charge in [0.05, 0.1) is 6.10 Å². The normalized spacial score (nSPS) is 16.9. The molecule has 1 saturated heterocycles. The molecule has 4 nitrogen and oxygen atoms in total. The summed E-state index contributed by atoms with van der Waals surface area (Å²) in [7, 11) is 0. The highest BCUT2D eigenvalue weighted by atomic mass is 16.3. The van der Waals surface area contributed by atoms with E-state index in [1.54, 1.807) is 0 Å². The van der Waals surface area contributed by atoms with Gasteiger partial charge in [-0.05, 0) is 43.4 Å². The largest absolute Gasteiger partial charge is 0.393 e. The third kappa shape index (κ3) is 5.48. The van der Waals surface area contributed by atoms with E-state index in [9.17, 15) is 9.90 Å². The van der Waals surface area contributed by atoms with Crippen LogP contribution in [0.15, 0.2) is 24.3 Å². The number of nitrogens with one attached hydrogen (secondary N) is 1. The van der Waals surface area contributed by atoms with Gasteiger partial charge < -0.3 is 15.3 Å². The standard InChI is InChI=1S/C17H26N2O2/c1-2-3-17(21)18-15-6-4-14(5-7-15)8-11-19-12-9-16(20)10-13-19/h4-7,16,20H,2-3,8-13H2,1H3,(H,18,21). The lowest BCUT2D eigenvalue weighted by atomic mass is 10.1. The first-order chi connectivity index (χ1) is 10.2. The third-order valence-corrected chi connectivity index (χ3v) is 3.99. The molecule has 0 bridgehead atoms. The minimum atomic E-state index is -0.104. The SMILES string of the molecule is CCCC(=O)Nc1ccc(CCN2CCC(O)CC2)cc1. The highest BCUT2D eigenvalue weighted by Gasteiger charge is 2.16. The van der Waals surface area contributed by atoms with E-state index in [0.29, 0.717) is 6.42 Å². The number of aliphatic hydroxyl groups excluding tert-OH is 1. The molecule has 0 atom stereocenters. The Bertz CT molecular complexity index is 437. The van der Waals surface area contributed by atoms with Gasteiger partial charge in [-0.2, -0.15) is 0 Å². The monoisotopic (exact) mass is 290 g/mol. The molecular weight excluding hydrogens is 264 g/mol. The summed E-state index contributed by atoms with van der Waals surface area (Å²) in [4.78, 5) is 13.9. The predicted octanol–water partition coefficient (Wildman–Crippen LogP) is 2.42. The van der Waals surface area contributed by atoms with Crippen LogP contribution in [0.3, 0.4) is 0 Å². The van der Waals surface area contributed by atoms with Gasteiger partial charge in [-0.1, -0.05) is 19.1 Å². The highest BCUT2D eigenvalue weighted by molar-refractivity contribution is 5.90. The van der Waals surface area contributed by atoms with Gasteiger partial charge in [0.1, 0.15) is 0 Å². The molecule has 21 heavy (non-hydrogen) atoms. The van der Waals surface area contributed by atoms with Crippen LogP contribution in [-0.4, -0.2) is 41.7 Å². The highest BCUT2D eigenvalue weighted by Crippen LogP contribution is 2.13. The molecule has 1 aromatic carbocycles. The summed E-state index contributed by atoms with van der Waals surface area (Å²) in [5.74, 6) is 0.0807. The zero-order valence-electron chi connectivity index (χ0n) is 12.8. The molecular formula is C17H26N2O2. The van der Waals surface area contributed by atoms with E-state index in [-0.39, 0.29) is 12.0 Å². The van der Waals surface area contributed by atoms with Gasteiger partial charge in [-0.15, -0.1) is 0 Å². The first-order valence-corrected chi connectivity index (χ1v) is 7.96. The molecule has 1 heterocycles. The number of carbonyl (C=O) groups is 1.